The maximum atomic E-state index is 12.4. The predicted octanol–water partition coefficient (Wildman–Crippen LogP) is 3.93. The van der Waals surface area contributed by atoms with Crippen molar-refractivity contribution < 1.29 is 14.3 Å². The fourth-order valence-corrected chi connectivity index (χ4v) is 3.17. The summed E-state index contributed by atoms with van der Waals surface area (Å²) in [6.45, 7) is 7.57. The van der Waals surface area contributed by atoms with E-state index < -0.39 is 0 Å². The van der Waals surface area contributed by atoms with Crippen LogP contribution >= 0.6 is 12.4 Å². The SMILES string of the molecule is COC(CN)CC(=O)N(C)Cc1cc(C)c(OCc2ccc(C)cc2)c(C)c1.Cl. The van der Waals surface area contributed by atoms with Crippen LogP contribution in [0.15, 0.2) is 36.4 Å². The number of carbonyl (C=O) groups is 1. The molecule has 0 aliphatic carbocycles. The number of ether oxygens (including phenoxy) is 2. The molecular formula is C23H33ClN2O3. The number of benzene rings is 2. The van der Waals surface area contributed by atoms with Gasteiger partial charge in [0, 0.05) is 27.2 Å². The second-order valence-corrected chi connectivity index (χ2v) is 7.38. The van der Waals surface area contributed by atoms with Crippen molar-refractivity contribution in [2.45, 2.75) is 46.4 Å². The van der Waals surface area contributed by atoms with Crippen LogP contribution in [-0.2, 0) is 22.7 Å². The van der Waals surface area contributed by atoms with Gasteiger partial charge in [-0.2, -0.15) is 0 Å². The van der Waals surface area contributed by atoms with Gasteiger partial charge >= 0.3 is 0 Å². The van der Waals surface area contributed by atoms with E-state index >= 15 is 0 Å². The number of halogens is 1. The Morgan fingerprint density at radius 2 is 1.66 bits per heavy atom. The van der Waals surface area contributed by atoms with Crippen molar-refractivity contribution in [2.24, 2.45) is 5.73 Å². The highest BCUT2D eigenvalue weighted by molar-refractivity contribution is 5.85. The van der Waals surface area contributed by atoms with Gasteiger partial charge in [0.1, 0.15) is 12.4 Å². The topological polar surface area (TPSA) is 64.8 Å². The fourth-order valence-electron chi connectivity index (χ4n) is 3.17. The standard InChI is InChI=1S/C23H32N2O3.ClH/c1-16-6-8-19(9-7-16)15-28-23-17(2)10-20(11-18(23)3)14-25(4)22(26)12-21(13-24)27-5;/h6-11,21H,12-15,24H2,1-5H3;1H. The minimum Gasteiger partial charge on any atom is -0.488 e. The summed E-state index contributed by atoms with van der Waals surface area (Å²) >= 11 is 0. The third-order valence-electron chi connectivity index (χ3n) is 4.87. The summed E-state index contributed by atoms with van der Waals surface area (Å²) in [5, 5.41) is 0. The van der Waals surface area contributed by atoms with E-state index in [0.717, 1.165) is 28.0 Å². The molecule has 160 valence electrons. The molecule has 2 aromatic carbocycles. The Morgan fingerprint density at radius 1 is 1.07 bits per heavy atom. The number of rotatable bonds is 9. The van der Waals surface area contributed by atoms with Crippen molar-refractivity contribution in [2.75, 3.05) is 20.7 Å². The molecule has 29 heavy (non-hydrogen) atoms. The van der Waals surface area contributed by atoms with Crippen LogP contribution in [0.4, 0.5) is 0 Å². The summed E-state index contributed by atoms with van der Waals surface area (Å²) in [6, 6.07) is 12.5. The summed E-state index contributed by atoms with van der Waals surface area (Å²) in [6.07, 6.45) is 0.0510. The Kier molecular flexibility index (Phi) is 10.2. The molecular weight excluding hydrogens is 388 g/mol. The molecule has 0 saturated heterocycles. The Balaban J connectivity index is 0.00000420. The molecule has 0 spiro atoms. The number of hydrogen-bond acceptors (Lipinski definition) is 4. The molecule has 2 aromatic rings. The summed E-state index contributed by atoms with van der Waals surface area (Å²) in [7, 11) is 3.38. The quantitative estimate of drug-likeness (QED) is 0.667. The Labute approximate surface area is 180 Å². The molecule has 0 radical (unpaired) electrons. The van der Waals surface area contributed by atoms with Gasteiger partial charge in [-0.15, -0.1) is 12.4 Å². The van der Waals surface area contributed by atoms with Crippen molar-refractivity contribution in [1.82, 2.24) is 4.90 Å². The van der Waals surface area contributed by atoms with Gasteiger partial charge < -0.3 is 20.1 Å². The van der Waals surface area contributed by atoms with Crippen LogP contribution in [0.3, 0.4) is 0 Å². The van der Waals surface area contributed by atoms with E-state index in [9.17, 15) is 4.79 Å². The Bertz CT molecular complexity index is 766. The van der Waals surface area contributed by atoms with Crippen molar-refractivity contribution in [3.05, 3.63) is 64.2 Å². The van der Waals surface area contributed by atoms with E-state index in [1.54, 1.807) is 19.1 Å². The molecule has 0 bridgehead atoms. The molecule has 5 nitrogen and oxygen atoms in total. The minimum atomic E-state index is -0.240. The number of aryl methyl sites for hydroxylation is 3. The smallest absolute Gasteiger partial charge is 0.225 e. The van der Waals surface area contributed by atoms with E-state index in [0.29, 0.717) is 26.1 Å². The first-order valence-corrected chi connectivity index (χ1v) is 9.59. The summed E-state index contributed by atoms with van der Waals surface area (Å²) < 4.78 is 11.3. The average Bonchev–Trinajstić information content (AvgIpc) is 2.66. The normalized spacial score (nSPS) is 11.5. The summed E-state index contributed by atoms with van der Waals surface area (Å²) in [4.78, 5) is 14.1. The predicted molar refractivity (Wildman–Crippen MR) is 120 cm³/mol. The van der Waals surface area contributed by atoms with Gasteiger partial charge in [0.05, 0.1) is 12.5 Å². The third-order valence-corrected chi connectivity index (χ3v) is 4.87. The molecule has 0 aromatic heterocycles. The molecule has 0 saturated carbocycles. The number of nitrogens with two attached hydrogens (primary N) is 1. The molecule has 2 N–H and O–H groups in total. The van der Waals surface area contributed by atoms with Gasteiger partial charge in [-0.25, -0.2) is 0 Å². The molecule has 1 amide bonds. The van der Waals surface area contributed by atoms with Crippen LogP contribution in [0.5, 0.6) is 5.75 Å². The molecule has 6 heteroatoms. The third kappa shape index (κ3) is 7.35. The first kappa shape index (κ1) is 25.0. The van der Waals surface area contributed by atoms with Gasteiger partial charge in [-0.3, -0.25) is 4.79 Å². The first-order chi connectivity index (χ1) is 13.3. The van der Waals surface area contributed by atoms with Gasteiger partial charge in [-0.05, 0) is 43.0 Å². The zero-order chi connectivity index (χ0) is 20.7. The number of carbonyl (C=O) groups excluding carboxylic acids is 1. The van der Waals surface area contributed by atoms with Crippen molar-refractivity contribution >= 4 is 18.3 Å². The van der Waals surface area contributed by atoms with Crippen LogP contribution in [0, 0.1) is 20.8 Å². The zero-order valence-corrected chi connectivity index (χ0v) is 18.8. The Hall–Kier alpha value is -2.08. The van der Waals surface area contributed by atoms with E-state index in [1.807, 2.05) is 13.8 Å². The Morgan fingerprint density at radius 3 is 2.17 bits per heavy atom. The molecule has 0 heterocycles. The van der Waals surface area contributed by atoms with Crippen molar-refractivity contribution in [3.8, 4) is 5.75 Å². The van der Waals surface area contributed by atoms with E-state index in [2.05, 4.69) is 43.3 Å². The number of nitrogens with zero attached hydrogens (tertiary/aromatic N) is 1. The van der Waals surface area contributed by atoms with Gasteiger partial charge in [-0.1, -0.05) is 42.0 Å². The molecule has 2 rings (SSSR count). The monoisotopic (exact) mass is 420 g/mol. The van der Waals surface area contributed by atoms with Gasteiger partial charge in [0.15, 0.2) is 0 Å². The van der Waals surface area contributed by atoms with Crippen molar-refractivity contribution in [3.63, 3.8) is 0 Å². The first-order valence-electron chi connectivity index (χ1n) is 9.59. The fraction of sp³-hybridized carbons (Fsp3) is 0.435. The average molecular weight is 421 g/mol. The highest BCUT2D eigenvalue weighted by atomic mass is 35.5. The lowest BCUT2D eigenvalue weighted by molar-refractivity contribution is -0.132. The van der Waals surface area contributed by atoms with Crippen LogP contribution in [0.25, 0.3) is 0 Å². The van der Waals surface area contributed by atoms with Gasteiger partial charge in [0.25, 0.3) is 0 Å². The highest BCUT2D eigenvalue weighted by Crippen LogP contribution is 2.26. The lowest BCUT2D eigenvalue weighted by Gasteiger charge is -2.21. The van der Waals surface area contributed by atoms with Crippen LogP contribution in [0.2, 0.25) is 0 Å². The molecule has 1 unspecified atom stereocenters. The lowest BCUT2D eigenvalue weighted by atomic mass is 10.0. The zero-order valence-electron chi connectivity index (χ0n) is 18.0. The molecule has 0 aliphatic heterocycles. The maximum absolute atomic E-state index is 12.4. The molecule has 1 atom stereocenters. The summed E-state index contributed by atoms with van der Waals surface area (Å²) in [5.74, 6) is 0.924. The van der Waals surface area contributed by atoms with Gasteiger partial charge in [0.2, 0.25) is 5.91 Å². The summed E-state index contributed by atoms with van der Waals surface area (Å²) in [5.41, 5.74) is 11.2. The molecule has 0 fully saturated rings. The van der Waals surface area contributed by atoms with Crippen LogP contribution in [-0.4, -0.2) is 37.6 Å². The second-order valence-electron chi connectivity index (χ2n) is 7.38. The second kappa shape index (κ2) is 11.8. The van der Waals surface area contributed by atoms with E-state index in [1.165, 1.54) is 5.56 Å². The number of methoxy groups -OCH3 is 1. The largest absolute Gasteiger partial charge is 0.488 e. The van der Waals surface area contributed by atoms with Crippen LogP contribution in [0.1, 0.15) is 34.2 Å². The maximum Gasteiger partial charge on any atom is 0.225 e. The van der Waals surface area contributed by atoms with Crippen molar-refractivity contribution in [1.29, 1.82) is 0 Å². The number of amides is 1. The van der Waals surface area contributed by atoms with E-state index in [-0.39, 0.29) is 24.4 Å². The molecule has 0 aliphatic rings. The highest BCUT2D eigenvalue weighted by Gasteiger charge is 2.16. The minimum absolute atomic E-state index is 0. The number of hydrogen-bond donors (Lipinski definition) is 1. The lowest BCUT2D eigenvalue weighted by Crippen LogP contribution is -2.33. The van der Waals surface area contributed by atoms with Crippen LogP contribution < -0.4 is 10.5 Å². The van der Waals surface area contributed by atoms with E-state index in [4.69, 9.17) is 15.2 Å².